The minimum Gasteiger partial charge on any atom is -0.383 e. The predicted molar refractivity (Wildman–Crippen MR) is 86.7 cm³/mol. The van der Waals surface area contributed by atoms with Crippen LogP contribution in [0.3, 0.4) is 0 Å². The van der Waals surface area contributed by atoms with Crippen LogP contribution >= 0.6 is 11.8 Å². The molecule has 0 aromatic carbocycles. The number of nitrogen functional groups attached to an aromatic ring is 1. The smallest absolute Gasteiger partial charge is 0.330 e. The van der Waals surface area contributed by atoms with Gasteiger partial charge >= 0.3 is 5.69 Å². The number of nitrogens with zero attached hydrogens (tertiary/aromatic N) is 1. The van der Waals surface area contributed by atoms with Gasteiger partial charge in [0.2, 0.25) is 0 Å². The number of nitrogens with one attached hydrogen (secondary N) is 2. The van der Waals surface area contributed by atoms with Crippen LogP contribution in [0.2, 0.25) is 0 Å². The van der Waals surface area contributed by atoms with Crippen LogP contribution in [0.15, 0.2) is 9.59 Å². The summed E-state index contributed by atoms with van der Waals surface area (Å²) in [6.45, 7) is 8.53. The molecule has 0 saturated carbocycles. The topological polar surface area (TPSA) is 92.9 Å². The van der Waals surface area contributed by atoms with E-state index in [9.17, 15) is 9.59 Å². The Morgan fingerprint density at radius 2 is 2.00 bits per heavy atom. The molecular weight excluding hydrogens is 276 g/mol. The van der Waals surface area contributed by atoms with E-state index in [4.69, 9.17) is 5.73 Å². The van der Waals surface area contributed by atoms with Crippen molar-refractivity contribution in [2.24, 2.45) is 5.92 Å². The minimum absolute atomic E-state index is 0.105. The van der Waals surface area contributed by atoms with Crippen molar-refractivity contribution in [2.75, 3.05) is 22.6 Å². The van der Waals surface area contributed by atoms with Gasteiger partial charge in [-0.2, -0.15) is 11.8 Å². The van der Waals surface area contributed by atoms with E-state index in [0.717, 1.165) is 11.5 Å². The lowest BCUT2D eigenvalue weighted by molar-refractivity contribution is 0.508. The summed E-state index contributed by atoms with van der Waals surface area (Å²) in [5, 5.41) is 3.10. The fraction of sp³-hybridized carbons (Fsp3) is 0.692. The number of rotatable bonds is 7. The van der Waals surface area contributed by atoms with Crippen LogP contribution in [-0.4, -0.2) is 27.1 Å². The molecule has 6 nitrogen and oxygen atoms in total. The normalized spacial score (nSPS) is 12.7. The van der Waals surface area contributed by atoms with Crippen LogP contribution in [0.5, 0.6) is 0 Å². The van der Waals surface area contributed by atoms with Crippen LogP contribution in [0, 0.1) is 5.92 Å². The minimum atomic E-state index is -0.458. The van der Waals surface area contributed by atoms with E-state index in [1.807, 2.05) is 20.8 Å². The maximum Gasteiger partial charge on any atom is 0.330 e. The van der Waals surface area contributed by atoms with E-state index in [0.29, 0.717) is 6.54 Å². The summed E-state index contributed by atoms with van der Waals surface area (Å²) in [7, 11) is 0. The molecule has 1 unspecified atom stereocenters. The lowest BCUT2D eigenvalue weighted by atomic mass is 10.2. The molecule has 0 aliphatic carbocycles. The van der Waals surface area contributed by atoms with E-state index in [1.54, 1.807) is 11.8 Å². The Bertz CT molecular complexity index is 550. The van der Waals surface area contributed by atoms with Gasteiger partial charge in [0.15, 0.2) is 0 Å². The lowest BCUT2D eigenvalue weighted by Gasteiger charge is -2.18. The number of anilines is 2. The van der Waals surface area contributed by atoms with Crippen LogP contribution in [0.4, 0.5) is 11.5 Å². The van der Waals surface area contributed by atoms with Gasteiger partial charge in [-0.15, -0.1) is 0 Å². The molecule has 0 saturated heterocycles. The van der Waals surface area contributed by atoms with Crippen LogP contribution in [0.1, 0.15) is 27.7 Å². The molecule has 1 atom stereocenters. The van der Waals surface area contributed by atoms with Gasteiger partial charge in [0.05, 0.1) is 0 Å². The summed E-state index contributed by atoms with van der Waals surface area (Å²) >= 11 is 1.78. The van der Waals surface area contributed by atoms with E-state index in [1.165, 1.54) is 4.57 Å². The second-order valence-electron chi connectivity index (χ2n) is 5.23. The average Bonchev–Trinajstić information content (AvgIpc) is 2.37. The summed E-state index contributed by atoms with van der Waals surface area (Å²) in [6, 6.07) is 0.105. The standard InChI is InChI=1S/C13H24N4O2S/c1-5-20-7-9(4)15-10-11(14)17(6-8(2)3)13(19)16-12(10)18/h8-9,15H,5-7,14H2,1-4H3,(H,16,18,19). The summed E-state index contributed by atoms with van der Waals surface area (Å²) in [5.41, 5.74) is 5.36. The molecule has 0 radical (unpaired) electrons. The highest BCUT2D eigenvalue weighted by atomic mass is 32.2. The second kappa shape index (κ2) is 7.42. The molecule has 0 fully saturated rings. The van der Waals surface area contributed by atoms with Gasteiger partial charge in [-0.25, -0.2) is 4.79 Å². The Morgan fingerprint density at radius 1 is 1.35 bits per heavy atom. The van der Waals surface area contributed by atoms with Gasteiger partial charge in [0.25, 0.3) is 5.56 Å². The summed E-state index contributed by atoms with van der Waals surface area (Å²) in [5.74, 6) is 2.37. The summed E-state index contributed by atoms with van der Waals surface area (Å²) < 4.78 is 1.41. The van der Waals surface area contributed by atoms with E-state index >= 15 is 0 Å². The zero-order chi connectivity index (χ0) is 15.3. The van der Waals surface area contributed by atoms with Crippen molar-refractivity contribution in [1.82, 2.24) is 9.55 Å². The third-order valence-electron chi connectivity index (χ3n) is 2.75. The fourth-order valence-corrected chi connectivity index (χ4v) is 2.53. The van der Waals surface area contributed by atoms with Gasteiger partial charge < -0.3 is 11.1 Å². The van der Waals surface area contributed by atoms with E-state index in [-0.39, 0.29) is 23.5 Å². The van der Waals surface area contributed by atoms with Gasteiger partial charge in [-0.05, 0) is 18.6 Å². The number of hydrogen-bond acceptors (Lipinski definition) is 5. The predicted octanol–water partition coefficient (Wildman–Crippen LogP) is 1.33. The van der Waals surface area contributed by atoms with Crippen LogP contribution in [-0.2, 0) is 6.54 Å². The molecule has 4 N–H and O–H groups in total. The number of hydrogen-bond donors (Lipinski definition) is 3. The van der Waals surface area contributed by atoms with Gasteiger partial charge in [0.1, 0.15) is 11.5 Å². The number of nitrogens with two attached hydrogens (primary N) is 1. The zero-order valence-electron chi connectivity index (χ0n) is 12.5. The number of H-pyrrole nitrogens is 1. The molecule has 1 heterocycles. The Balaban J connectivity index is 3.07. The van der Waals surface area contributed by atoms with Crippen LogP contribution in [0.25, 0.3) is 0 Å². The molecule has 0 aliphatic rings. The Morgan fingerprint density at radius 3 is 2.55 bits per heavy atom. The Hall–Kier alpha value is -1.37. The second-order valence-corrected chi connectivity index (χ2v) is 6.55. The van der Waals surface area contributed by atoms with E-state index in [2.05, 4.69) is 17.2 Å². The molecule has 0 aliphatic heterocycles. The van der Waals surface area contributed by atoms with Gasteiger partial charge in [-0.3, -0.25) is 14.3 Å². The summed E-state index contributed by atoms with van der Waals surface area (Å²) in [6.07, 6.45) is 0. The molecule has 20 heavy (non-hydrogen) atoms. The largest absolute Gasteiger partial charge is 0.383 e. The highest BCUT2D eigenvalue weighted by molar-refractivity contribution is 7.99. The molecule has 1 aromatic rings. The van der Waals surface area contributed by atoms with Gasteiger partial charge in [-0.1, -0.05) is 20.8 Å². The first-order valence-corrected chi connectivity index (χ1v) is 7.99. The van der Waals surface area contributed by atoms with Crippen molar-refractivity contribution in [3.63, 3.8) is 0 Å². The van der Waals surface area contributed by atoms with Crippen molar-refractivity contribution in [3.05, 3.63) is 20.8 Å². The maximum absolute atomic E-state index is 11.9. The number of thioether (sulfide) groups is 1. The zero-order valence-corrected chi connectivity index (χ0v) is 13.3. The number of aromatic nitrogens is 2. The van der Waals surface area contributed by atoms with Gasteiger partial charge in [0, 0.05) is 18.3 Å². The van der Waals surface area contributed by atoms with E-state index < -0.39 is 11.2 Å². The van der Waals surface area contributed by atoms with Crippen molar-refractivity contribution in [1.29, 1.82) is 0 Å². The van der Waals surface area contributed by atoms with Crippen molar-refractivity contribution in [3.8, 4) is 0 Å². The Labute approximate surface area is 123 Å². The number of aromatic amines is 1. The first-order valence-electron chi connectivity index (χ1n) is 6.83. The highest BCUT2D eigenvalue weighted by Crippen LogP contribution is 2.14. The third kappa shape index (κ3) is 4.33. The third-order valence-corrected chi connectivity index (χ3v) is 3.89. The molecule has 0 spiro atoms. The molecular formula is C13H24N4O2S. The molecule has 0 amide bonds. The Kier molecular flexibility index (Phi) is 6.19. The van der Waals surface area contributed by atoms with Crippen LogP contribution < -0.4 is 22.3 Å². The first-order chi connectivity index (χ1) is 9.36. The summed E-state index contributed by atoms with van der Waals surface area (Å²) in [4.78, 5) is 26.0. The fourth-order valence-electron chi connectivity index (χ4n) is 1.86. The molecule has 7 heteroatoms. The monoisotopic (exact) mass is 300 g/mol. The van der Waals surface area contributed by atoms with Crippen molar-refractivity contribution < 1.29 is 0 Å². The molecule has 1 aromatic heterocycles. The van der Waals surface area contributed by atoms with Crippen molar-refractivity contribution in [2.45, 2.75) is 40.3 Å². The van der Waals surface area contributed by atoms with Crippen molar-refractivity contribution >= 4 is 23.3 Å². The SMILES string of the molecule is CCSCC(C)Nc1c(N)n(CC(C)C)c(=O)[nH]c1=O. The quantitative estimate of drug-likeness (QED) is 0.706. The molecule has 1 rings (SSSR count). The molecule has 114 valence electrons. The first kappa shape index (κ1) is 16.7. The average molecular weight is 300 g/mol. The highest BCUT2D eigenvalue weighted by Gasteiger charge is 2.14. The maximum atomic E-state index is 11.9. The molecule has 0 bridgehead atoms. The lowest BCUT2D eigenvalue weighted by Crippen LogP contribution is -2.36.